The Morgan fingerprint density at radius 2 is 1.83 bits per heavy atom. The Morgan fingerprint density at radius 1 is 1.17 bits per heavy atom. The third-order valence-electron chi connectivity index (χ3n) is 2.40. The van der Waals surface area contributed by atoms with Crippen LogP contribution in [0.2, 0.25) is 0 Å². The molecule has 1 aromatic carbocycles. The van der Waals surface area contributed by atoms with Crippen LogP contribution < -0.4 is 0 Å². The molecule has 0 spiro atoms. The Hall–Kier alpha value is -1.35. The molecule has 0 aliphatic rings. The normalized spacial score (nSPS) is 11.3. The lowest BCUT2D eigenvalue weighted by Crippen LogP contribution is -2.22. The minimum absolute atomic E-state index is 0.0354. The van der Waals surface area contributed by atoms with Gasteiger partial charge < -0.3 is 9.47 Å². The minimum atomic E-state index is -0.273. The van der Waals surface area contributed by atoms with Crippen molar-refractivity contribution >= 4 is 5.97 Å². The van der Waals surface area contributed by atoms with Crippen LogP contribution in [0.25, 0.3) is 0 Å². The van der Waals surface area contributed by atoms with Crippen molar-refractivity contribution in [3.05, 3.63) is 35.9 Å². The van der Waals surface area contributed by atoms with Gasteiger partial charge in [-0.2, -0.15) is 0 Å². The van der Waals surface area contributed by atoms with Gasteiger partial charge in [-0.3, -0.25) is 4.79 Å². The first-order valence-corrected chi connectivity index (χ1v) is 6.31. The zero-order valence-electron chi connectivity index (χ0n) is 11.4. The lowest BCUT2D eigenvalue weighted by atomic mass is 10.1. The molecule has 0 aliphatic heterocycles. The Labute approximate surface area is 109 Å². The maximum Gasteiger partial charge on any atom is 0.307 e. The average Bonchev–Trinajstić information content (AvgIpc) is 2.28. The molecule has 100 valence electrons. The first kappa shape index (κ1) is 14.7. The number of benzene rings is 1. The number of carbonyl (C=O) groups excluding carboxylic acids is 1. The molecule has 0 heterocycles. The summed E-state index contributed by atoms with van der Waals surface area (Å²) in [5.41, 5.74) is 0.973. The molecule has 3 heteroatoms. The molecule has 0 atom stereocenters. The molecule has 0 aromatic heterocycles. The van der Waals surface area contributed by atoms with Crippen molar-refractivity contribution in [3.63, 3.8) is 0 Å². The third-order valence-corrected chi connectivity index (χ3v) is 2.40. The van der Waals surface area contributed by atoms with Crippen LogP contribution in [-0.2, 0) is 20.7 Å². The second-order valence-corrected chi connectivity index (χ2v) is 5.23. The fraction of sp³-hybridized carbons (Fsp3) is 0.533. The van der Waals surface area contributed by atoms with E-state index in [0.29, 0.717) is 6.42 Å². The van der Waals surface area contributed by atoms with Crippen LogP contribution in [0.3, 0.4) is 0 Å². The van der Waals surface area contributed by atoms with Crippen molar-refractivity contribution in [2.24, 2.45) is 0 Å². The van der Waals surface area contributed by atoms with Crippen LogP contribution in [-0.4, -0.2) is 18.4 Å². The smallest absolute Gasteiger partial charge is 0.307 e. The second-order valence-electron chi connectivity index (χ2n) is 5.23. The molecule has 18 heavy (non-hydrogen) atoms. The first-order chi connectivity index (χ1) is 8.47. The van der Waals surface area contributed by atoms with Gasteiger partial charge in [0.15, 0.2) is 6.79 Å². The molecule has 0 N–H and O–H groups in total. The maximum atomic E-state index is 11.4. The van der Waals surface area contributed by atoms with E-state index in [1.165, 1.54) is 5.56 Å². The van der Waals surface area contributed by atoms with Gasteiger partial charge >= 0.3 is 5.97 Å². The van der Waals surface area contributed by atoms with Crippen LogP contribution in [0.1, 0.15) is 39.2 Å². The summed E-state index contributed by atoms with van der Waals surface area (Å²) in [6, 6.07) is 10.1. The summed E-state index contributed by atoms with van der Waals surface area (Å²) in [5.74, 6) is -0.199. The molecule has 0 radical (unpaired) electrons. The van der Waals surface area contributed by atoms with Gasteiger partial charge in [-0.25, -0.2) is 0 Å². The number of esters is 1. The van der Waals surface area contributed by atoms with E-state index >= 15 is 0 Å². The summed E-state index contributed by atoms with van der Waals surface area (Å²) >= 11 is 0. The van der Waals surface area contributed by atoms with Gasteiger partial charge in [0.1, 0.15) is 0 Å². The highest BCUT2D eigenvalue weighted by Gasteiger charge is 2.11. The van der Waals surface area contributed by atoms with Gasteiger partial charge in [0.05, 0.1) is 5.60 Å². The van der Waals surface area contributed by atoms with Gasteiger partial charge in [0.2, 0.25) is 0 Å². The number of hydrogen-bond donors (Lipinski definition) is 0. The van der Waals surface area contributed by atoms with Crippen molar-refractivity contribution < 1.29 is 14.3 Å². The van der Waals surface area contributed by atoms with Crippen molar-refractivity contribution in [2.75, 3.05) is 6.79 Å². The summed E-state index contributed by atoms with van der Waals surface area (Å²) in [4.78, 5) is 11.4. The fourth-order valence-corrected chi connectivity index (χ4v) is 1.43. The largest absolute Gasteiger partial charge is 0.438 e. The summed E-state index contributed by atoms with van der Waals surface area (Å²) < 4.78 is 10.3. The van der Waals surface area contributed by atoms with Gasteiger partial charge in [0, 0.05) is 6.42 Å². The topological polar surface area (TPSA) is 35.5 Å². The molecule has 0 saturated heterocycles. The molecule has 0 aliphatic carbocycles. The fourth-order valence-electron chi connectivity index (χ4n) is 1.43. The summed E-state index contributed by atoms with van der Waals surface area (Å²) in [6.07, 6.45) is 2.14. The van der Waals surface area contributed by atoms with Gasteiger partial charge in [-0.1, -0.05) is 30.3 Å². The Bertz CT molecular complexity index is 352. The highest BCUT2D eigenvalue weighted by atomic mass is 16.7. The molecular weight excluding hydrogens is 228 g/mol. The molecule has 0 fully saturated rings. The van der Waals surface area contributed by atoms with E-state index in [4.69, 9.17) is 9.47 Å². The van der Waals surface area contributed by atoms with E-state index in [-0.39, 0.29) is 18.4 Å². The van der Waals surface area contributed by atoms with Crippen molar-refractivity contribution in [3.8, 4) is 0 Å². The van der Waals surface area contributed by atoms with Crippen LogP contribution in [0.4, 0.5) is 0 Å². The van der Waals surface area contributed by atoms with Crippen LogP contribution >= 0.6 is 0 Å². The molecule has 0 saturated carbocycles. The summed E-state index contributed by atoms with van der Waals surface area (Å²) in [5, 5.41) is 0. The van der Waals surface area contributed by atoms with Crippen LogP contribution in [0.15, 0.2) is 30.3 Å². The average molecular weight is 250 g/mol. The third kappa shape index (κ3) is 7.07. The lowest BCUT2D eigenvalue weighted by molar-refractivity contribution is -0.167. The molecule has 0 unspecified atom stereocenters. The number of ether oxygens (including phenoxy) is 2. The van der Waals surface area contributed by atoms with E-state index in [9.17, 15) is 4.79 Å². The molecule has 3 nitrogen and oxygen atoms in total. The number of hydrogen-bond acceptors (Lipinski definition) is 3. The Kier molecular flexibility index (Phi) is 5.86. The summed E-state index contributed by atoms with van der Waals surface area (Å²) in [6.45, 7) is 5.82. The predicted molar refractivity (Wildman–Crippen MR) is 71.2 cm³/mol. The number of aryl methyl sites for hydroxylation is 1. The number of rotatable bonds is 6. The standard InChI is InChI=1S/C15H22O3/c1-15(2,3)18-12-17-14(16)11-7-10-13-8-5-4-6-9-13/h4-6,8-9H,7,10-12H2,1-3H3. The number of carbonyl (C=O) groups is 1. The SMILES string of the molecule is CC(C)(C)OCOC(=O)CCCc1ccccc1. The molecule has 0 amide bonds. The molecular formula is C15H22O3. The van der Waals surface area contributed by atoms with Gasteiger partial charge in [-0.05, 0) is 39.2 Å². The Morgan fingerprint density at radius 3 is 2.44 bits per heavy atom. The lowest BCUT2D eigenvalue weighted by Gasteiger charge is -2.18. The molecule has 1 rings (SSSR count). The molecule has 0 bridgehead atoms. The van der Waals surface area contributed by atoms with Crippen LogP contribution in [0.5, 0.6) is 0 Å². The monoisotopic (exact) mass is 250 g/mol. The van der Waals surface area contributed by atoms with E-state index in [1.54, 1.807) is 0 Å². The maximum absolute atomic E-state index is 11.4. The van der Waals surface area contributed by atoms with Gasteiger partial charge in [0.25, 0.3) is 0 Å². The Balaban J connectivity index is 2.11. The van der Waals surface area contributed by atoms with E-state index < -0.39 is 0 Å². The van der Waals surface area contributed by atoms with E-state index in [1.807, 2.05) is 39.0 Å². The summed E-state index contributed by atoms with van der Waals surface area (Å²) in [7, 11) is 0. The van der Waals surface area contributed by atoms with E-state index in [0.717, 1.165) is 12.8 Å². The quantitative estimate of drug-likeness (QED) is 0.574. The minimum Gasteiger partial charge on any atom is -0.438 e. The van der Waals surface area contributed by atoms with Gasteiger partial charge in [-0.15, -0.1) is 0 Å². The second kappa shape index (κ2) is 7.17. The van der Waals surface area contributed by atoms with Crippen molar-refractivity contribution in [1.29, 1.82) is 0 Å². The predicted octanol–water partition coefficient (Wildman–Crippen LogP) is 3.33. The zero-order valence-corrected chi connectivity index (χ0v) is 11.4. The van der Waals surface area contributed by atoms with Crippen molar-refractivity contribution in [2.45, 2.75) is 45.6 Å². The highest BCUT2D eigenvalue weighted by molar-refractivity contribution is 5.69. The van der Waals surface area contributed by atoms with E-state index in [2.05, 4.69) is 12.1 Å². The highest BCUT2D eigenvalue weighted by Crippen LogP contribution is 2.08. The zero-order chi connectivity index (χ0) is 13.4. The molecule has 1 aromatic rings. The van der Waals surface area contributed by atoms with Crippen LogP contribution in [0, 0.1) is 0 Å². The first-order valence-electron chi connectivity index (χ1n) is 6.31. The van der Waals surface area contributed by atoms with Crippen molar-refractivity contribution in [1.82, 2.24) is 0 Å².